The van der Waals surface area contributed by atoms with E-state index >= 15 is 0 Å². The molecule has 1 fully saturated rings. The lowest BCUT2D eigenvalue weighted by Crippen LogP contribution is -2.57. The van der Waals surface area contributed by atoms with Crippen molar-refractivity contribution < 1.29 is 4.74 Å². The van der Waals surface area contributed by atoms with Gasteiger partial charge in [0.15, 0.2) is 0 Å². The highest BCUT2D eigenvalue weighted by molar-refractivity contribution is 5.19. The van der Waals surface area contributed by atoms with Gasteiger partial charge in [-0.2, -0.15) is 0 Å². The van der Waals surface area contributed by atoms with Crippen molar-refractivity contribution >= 4 is 0 Å². The minimum atomic E-state index is 0.0220. The van der Waals surface area contributed by atoms with Crippen LogP contribution >= 0.6 is 0 Å². The first-order chi connectivity index (χ1) is 9.19. The Morgan fingerprint density at radius 2 is 2.16 bits per heavy atom. The van der Waals surface area contributed by atoms with Gasteiger partial charge in [-0.1, -0.05) is 37.3 Å². The maximum Gasteiger partial charge on any atom is 0.0590 e. The lowest BCUT2D eigenvalue weighted by atomic mass is 9.84. The molecule has 0 spiro atoms. The molecule has 1 aromatic rings. The molecular weight excluding hydrogens is 236 g/mol. The van der Waals surface area contributed by atoms with E-state index in [9.17, 15) is 0 Å². The van der Waals surface area contributed by atoms with E-state index in [0.717, 1.165) is 25.9 Å². The number of hydrogen-bond donors (Lipinski definition) is 2. The number of benzene rings is 1. The third kappa shape index (κ3) is 3.56. The van der Waals surface area contributed by atoms with Crippen molar-refractivity contribution in [2.45, 2.75) is 50.8 Å². The van der Waals surface area contributed by atoms with Crippen LogP contribution in [0.1, 0.15) is 44.7 Å². The van der Waals surface area contributed by atoms with Gasteiger partial charge in [0, 0.05) is 24.7 Å². The summed E-state index contributed by atoms with van der Waals surface area (Å²) in [7, 11) is 0. The Kier molecular flexibility index (Phi) is 4.97. The second kappa shape index (κ2) is 6.51. The van der Waals surface area contributed by atoms with Crippen LogP contribution in [-0.4, -0.2) is 24.8 Å². The summed E-state index contributed by atoms with van der Waals surface area (Å²) in [6.07, 6.45) is 3.41. The van der Waals surface area contributed by atoms with Crippen LogP contribution in [-0.2, 0) is 4.74 Å². The van der Waals surface area contributed by atoms with Gasteiger partial charge in [0.25, 0.3) is 0 Å². The molecule has 1 aliphatic rings. The molecule has 3 atom stereocenters. The van der Waals surface area contributed by atoms with Crippen LogP contribution in [0.3, 0.4) is 0 Å². The van der Waals surface area contributed by atoms with E-state index in [1.807, 2.05) is 0 Å². The van der Waals surface area contributed by atoms with Gasteiger partial charge in [-0.3, -0.25) is 0 Å². The molecule has 106 valence electrons. The minimum absolute atomic E-state index is 0.0220. The van der Waals surface area contributed by atoms with E-state index in [1.165, 1.54) is 5.56 Å². The zero-order valence-corrected chi connectivity index (χ0v) is 12.1. The Bertz CT molecular complexity index is 382. The average Bonchev–Trinajstić information content (AvgIpc) is 2.48. The monoisotopic (exact) mass is 262 g/mol. The summed E-state index contributed by atoms with van der Waals surface area (Å²) in [5, 5.41) is 3.76. The third-order valence-corrected chi connectivity index (χ3v) is 4.22. The summed E-state index contributed by atoms with van der Waals surface area (Å²) in [6, 6.07) is 10.9. The van der Waals surface area contributed by atoms with Gasteiger partial charge in [0.05, 0.1) is 6.10 Å². The summed E-state index contributed by atoms with van der Waals surface area (Å²) in [5.41, 5.74) is 7.40. The second-order valence-corrected chi connectivity index (χ2v) is 5.62. The topological polar surface area (TPSA) is 47.3 Å². The number of nitrogens with two attached hydrogens (primary N) is 1. The molecule has 0 saturated carbocycles. The molecule has 0 aliphatic carbocycles. The minimum Gasteiger partial charge on any atom is -0.378 e. The first kappa shape index (κ1) is 14.5. The van der Waals surface area contributed by atoms with Crippen molar-refractivity contribution in [2.75, 3.05) is 13.2 Å². The molecule has 1 heterocycles. The van der Waals surface area contributed by atoms with Gasteiger partial charge in [-0.05, 0) is 31.7 Å². The SMILES string of the molecule is CCC1CC(CN)(NC(C)c2ccccc2)CCO1. The molecule has 3 unspecified atom stereocenters. The first-order valence-electron chi connectivity index (χ1n) is 7.33. The first-order valence-corrected chi connectivity index (χ1v) is 7.33. The Balaban J connectivity index is 2.05. The lowest BCUT2D eigenvalue weighted by Gasteiger charge is -2.42. The van der Waals surface area contributed by atoms with Crippen LogP contribution < -0.4 is 11.1 Å². The molecule has 1 saturated heterocycles. The van der Waals surface area contributed by atoms with Crippen LogP contribution in [0.25, 0.3) is 0 Å². The Hall–Kier alpha value is -0.900. The van der Waals surface area contributed by atoms with Crippen LogP contribution in [0.4, 0.5) is 0 Å². The molecule has 0 bridgehead atoms. The normalized spacial score (nSPS) is 29.1. The van der Waals surface area contributed by atoms with Gasteiger partial charge in [0.1, 0.15) is 0 Å². The molecule has 0 amide bonds. The number of rotatable bonds is 5. The fraction of sp³-hybridized carbons (Fsp3) is 0.625. The molecule has 0 radical (unpaired) electrons. The highest BCUT2D eigenvalue weighted by atomic mass is 16.5. The zero-order valence-electron chi connectivity index (χ0n) is 12.1. The molecule has 1 aromatic carbocycles. The lowest BCUT2D eigenvalue weighted by molar-refractivity contribution is -0.0305. The molecule has 19 heavy (non-hydrogen) atoms. The predicted octanol–water partition coefficient (Wildman–Crippen LogP) is 2.62. The van der Waals surface area contributed by atoms with Crippen molar-refractivity contribution in [2.24, 2.45) is 5.73 Å². The Morgan fingerprint density at radius 3 is 2.79 bits per heavy atom. The molecule has 3 nitrogen and oxygen atoms in total. The van der Waals surface area contributed by atoms with Crippen molar-refractivity contribution in [3.63, 3.8) is 0 Å². The Morgan fingerprint density at radius 1 is 1.42 bits per heavy atom. The van der Waals surface area contributed by atoms with E-state index < -0.39 is 0 Å². The van der Waals surface area contributed by atoms with E-state index in [4.69, 9.17) is 10.5 Å². The van der Waals surface area contributed by atoms with E-state index in [-0.39, 0.29) is 5.54 Å². The molecule has 2 rings (SSSR count). The maximum atomic E-state index is 6.06. The molecule has 3 heteroatoms. The third-order valence-electron chi connectivity index (χ3n) is 4.22. The predicted molar refractivity (Wildman–Crippen MR) is 79.0 cm³/mol. The molecule has 0 aromatic heterocycles. The fourth-order valence-electron chi connectivity index (χ4n) is 2.94. The highest BCUT2D eigenvalue weighted by Gasteiger charge is 2.36. The standard InChI is InChI=1S/C16H26N2O/c1-3-15-11-16(12-17,9-10-19-15)18-13(2)14-7-5-4-6-8-14/h4-8,13,15,18H,3,9-12,17H2,1-2H3. The van der Waals surface area contributed by atoms with Gasteiger partial charge >= 0.3 is 0 Å². The molecule has 1 aliphatic heterocycles. The summed E-state index contributed by atoms with van der Waals surface area (Å²) >= 11 is 0. The van der Waals surface area contributed by atoms with E-state index in [1.54, 1.807) is 0 Å². The fourth-order valence-corrected chi connectivity index (χ4v) is 2.94. The zero-order chi connectivity index (χ0) is 13.7. The second-order valence-electron chi connectivity index (χ2n) is 5.62. The largest absolute Gasteiger partial charge is 0.378 e. The van der Waals surface area contributed by atoms with Gasteiger partial charge in [0.2, 0.25) is 0 Å². The van der Waals surface area contributed by atoms with Crippen LogP contribution in [0, 0.1) is 0 Å². The summed E-state index contributed by atoms with van der Waals surface area (Å²) in [4.78, 5) is 0. The number of nitrogens with one attached hydrogen (secondary N) is 1. The van der Waals surface area contributed by atoms with Gasteiger partial charge in [-0.25, -0.2) is 0 Å². The van der Waals surface area contributed by atoms with Gasteiger partial charge in [-0.15, -0.1) is 0 Å². The van der Waals surface area contributed by atoms with Gasteiger partial charge < -0.3 is 15.8 Å². The Labute approximate surface area is 116 Å². The average molecular weight is 262 g/mol. The van der Waals surface area contributed by atoms with E-state index in [0.29, 0.717) is 18.7 Å². The summed E-state index contributed by atoms with van der Waals surface area (Å²) in [5.74, 6) is 0. The molecule has 3 N–H and O–H groups in total. The van der Waals surface area contributed by atoms with Crippen molar-refractivity contribution in [3.05, 3.63) is 35.9 Å². The smallest absolute Gasteiger partial charge is 0.0590 e. The van der Waals surface area contributed by atoms with E-state index in [2.05, 4.69) is 49.5 Å². The number of hydrogen-bond acceptors (Lipinski definition) is 3. The number of ether oxygens (including phenoxy) is 1. The summed E-state index contributed by atoms with van der Waals surface area (Å²) < 4.78 is 5.78. The quantitative estimate of drug-likeness (QED) is 0.857. The summed E-state index contributed by atoms with van der Waals surface area (Å²) in [6.45, 7) is 5.87. The van der Waals surface area contributed by atoms with Crippen LogP contribution in [0.15, 0.2) is 30.3 Å². The van der Waals surface area contributed by atoms with Crippen LogP contribution in [0.2, 0.25) is 0 Å². The molecular formula is C16H26N2O. The van der Waals surface area contributed by atoms with Crippen LogP contribution in [0.5, 0.6) is 0 Å². The van der Waals surface area contributed by atoms with Crippen molar-refractivity contribution in [3.8, 4) is 0 Å². The van der Waals surface area contributed by atoms with Crippen molar-refractivity contribution in [1.82, 2.24) is 5.32 Å². The highest BCUT2D eigenvalue weighted by Crippen LogP contribution is 2.28. The maximum absolute atomic E-state index is 6.06. The van der Waals surface area contributed by atoms with Crippen molar-refractivity contribution in [1.29, 1.82) is 0 Å².